The van der Waals surface area contributed by atoms with Crippen molar-refractivity contribution in [3.8, 4) is 0 Å². The second kappa shape index (κ2) is 6.82. The van der Waals surface area contributed by atoms with Crippen LogP contribution < -0.4 is 9.86 Å². The summed E-state index contributed by atoms with van der Waals surface area (Å²) in [5.41, 5.74) is 0.775. The zero-order valence-electron chi connectivity index (χ0n) is 14.6. The molecular formula is C17H20N2O5S2. The van der Waals surface area contributed by atoms with Crippen molar-refractivity contribution in [3.63, 3.8) is 0 Å². The number of hydrogen-bond acceptors (Lipinski definition) is 5. The highest BCUT2D eigenvalue weighted by atomic mass is 32.2. The van der Waals surface area contributed by atoms with Crippen LogP contribution in [-0.4, -0.2) is 22.7 Å². The largest absolute Gasteiger partial charge is 0.268 e. The van der Waals surface area contributed by atoms with Gasteiger partial charge in [0.05, 0.1) is 0 Å². The summed E-state index contributed by atoms with van der Waals surface area (Å²) in [7, 11) is -8.70. The quantitative estimate of drug-likeness (QED) is 0.815. The van der Waals surface area contributed by atoms with Crippen LogP contribution in [0.3, 0.4) is 0 Å². The van der Waals surface area contributed by atoms with Crippen molar-refractivity contribution >= 4 is 26.0 Å². The van der Waals surface area contributed by atoms with Gasteiger partial charge < -0.3 is 0 Å². The second-order valence-electron chi connectivity index (χ2n) is 6.76. The fourth-order valence-corrected chi connectivity index (χ4v) is 4.63. The predicted molar refractivity (Wildman–Crippen MR) is 97.6 cm³/mol. The van der Waals surface area contributed by atoms with E-state index in [4.69, 9.17) is 5.14 Å². The summed E-state index contributed by atoms with van der Waals surface area (Å²) >= 11 is 0. The first-order valence-corrected chi connectivity index (χ1v) is 10.6. The van der Waals surface area contributed by atoms with Crippen molar-refractivity contribution in [1.29, 1.82) is 0 Å². The van der Waals surface area contributed by atoms with Crippen molar-refractivity contribution in [2.45, 2.75) is 36.0 Å². The van der Waals surface area contributed by atoms with Gasteiger partial charge in [-0.2, -0.15) is 0 Å². The van der Waals surface area contributed by atoms with Crippen molar-refractivity contribution in [3.05, 3.63) is 59.7 Å². The molecule has 140 valence electrons. The molecule has 0 unspecified atom stereocenters. The van der Waals surface area contributed by atoms with Crippen LogP contribution in [0.5, 0.6) is 0 Å². The van der Waals surface area contributed by atoms with Gasteiger partial charge in [-0.1, -0.05) is 45.0 Å². The first-order valence-electron chi connectivity index (χ1n) is 7.62. The van der Waals surface area contributed by atoms with Crippen LogP contribution >= 0.6 is 0 Å². The summed E-state index contributed by atoms with van der Waals surface area (Å²) in [5, 5.41) is 5.06. The Bertz CT molecular complexity index is 1050. The van der Waals surface area contributed by atoms with Gasteiger partial charge in [-0.3, -0.25) is 4.79 Å². The third-order valence-electron chi connectivity index (χ3n) is 3.66. The van der Waals surface area contributed by atoms with Gasteiger partial charge in [0.1, 0.15) is 9.79 Å². The monoisotopic (exact) mass is 396 g/mol. The fraction of sp³-hybridized carbons (Fsp3) is 0.235. The molecule has 0 spiro atoms. The van der Waals surface area contributed by atoms with E-state index in [0.717, 1.165) is 17.7 Å². The van der Waals surface area contributed by atoms with Crippen LogP contribution in [0.25, 0.3) is 0 Å². The average Bonchev–Trinajstić information content (AvgIpc) is 2.53. The molecule has 0 aromatic heterocycles. The van der Waals surface area contributed by atoms with E-state index >= 15 is 0 Å². The molecule has 2 rings (SSSR count). The first kappa shape index (κ1) is 20.1. The smallest absolute Gasteiger partial charge is 0.265 e. The van der Waals surface area contributed by atoms with E-state index in [0.29, 0.717) is 0 Å². The van der Waals surface area contributed by atoms with Crippen LogP contribution in [0.4, 0.5) is 0 Å². The van der Waals surface area contributed by atoms with E-state index in [2.05, 4.69) is 0 Å². The zero-order chi connectivity index (χ0) is 19.8. The summed E-state index contributed by atoms with van der Waals surface area (Å²) in [6, 6.07) is 11.4. The number of sulfonamides is 2. The van der Waals surface area contributed by atoms with Crippen molar-refractivity contribution in [2.24, 2.45) is 5.14 Å². The highest BCUT2D eigenvalue weighted by Gasteiger charge is 2.26. The summed E-state index contributed by atoms with van der Waals surface area (Å²) in [6.07, 6.45) is 0. The Labute approximate surface area is 153 Å². The van der Waals surface area contributed by atoms with Gasteiger partial charge in [-0.25, -0.2) is 26.7 Å². The van der Waals surface area contributed by atoms with Gasteiger partial charge in [0.15, 0.2) is 0 Å². The number of carbonyl (C=O) groups excluding carboxylic acids is 1. The van der Waals surface area contributed by atoms with E-state index in [-0.39, 0.29) is 11.0 Å². The summed E-state index contributed by atoms with van der Waals surface area (Å²) < 4.78 is 50.1. The van der Waals surface area contributed by atoms with E-state index in [1.54, 1.807) is 12.1 Å². The van der Waals surface area contributed by atoms with Crippen LogP contribution in [0.15, 0.2) is 58.3 Å². The molecule has 2 aromatic rings. The first-order chi connectivity index (χ1) is 11.8. The molecule has 0 radical (unpaired) electrons. The lowest BCUT2D eigenvalue weighted by Crippen LogP contribution is -2.32. The highest BCUT2D eigenvalue weighted by Crippen LogP contribution is 2.23. The van der Waals surface area contributed by atoms with Gasteiger partial charge in [0.2, 0.25) is 10.0 Å². The highest BCUT2D eigenvalue weighted by molar-refractivity contribution is 7.92. The van der Waals surface area contributed by atoms with Crippen LogP contribution in [0, 0.1) is 0 Å². The van der Waals surface area contributed by atoms with E-state index in [1.807, 2.05) is 31.6 Å². The molecule has 0 atom stereocenters. The summed E-state index contributed by atoms with van der Waals surface area (Å²) in [6.45, 7) is 5.88. The number of carbonyl (C=O) groups is 1. The van der Waals surface area contributed by atoms with Crippen LogP contribution in [0.1, 0.15) is 36.7 Å². The standard InChI is InChI=1S/C17H20N2O5S2/c1-17(2,3)13-8-6-7-12(11-13)16(20)19-26(23,24)15-10-5-4-9-14(15)25(18,21)22/h4-11H,1-3H3,(H,19,20)(H2,18,21,22). The topological polar surface area (TPSA) is 123 Å². The minimum atomic E-state index is -4.43. The number of primary sulfonamides is 1. The molecule has 0 bridgehead atoms. The average molecular weight is 396 g/mol. The second-order valence-corrected chi connectivity index (χ2v) is 9.94. The molecule has 9 heteroatoms. The number of nitrogens with one attached hydrogen (secondary N) is 1. The number of rotatable bonds is 4. The third kappa shape index (κ3) is 4.48. The molecule has 3 N–H and O–H groups in total. The number of amides is 1. The fourth-order valence-electron chi connectivity index (χ4n) is 2.27. The van der Waals surface area contributed by atoms with E-state index < -0.39 is 35.7 Å². The Morgan fingerprint density at radius 2 is 1.50 bits per heavy atom. The van der Waals surface area contributed by atoms with Gasteiger partial charge >= 0.3 is 0 Å². The molecule has 2 aromatic carbocycles. The molecule has 0 aliphatic heterocycles. The molecular weight excluding hydrogens is 376 g/mol. The van der Waals surface area contributed by atoms with Gasteiger partial charge in [-0.15, -0.1) is 0 Å². The molecule has 0 saturated heterocycles. The summed E-state index contributed by atoms with van der Waals surface area (Å²) in [4.78, 5) is 11.2. The molecule has 26 heavy (non-hydrogen) atoms. The maximum Gasteiger partial charge on any atom is 0.265 e. The maximum atomic E-state index is 12.5. The lowest BCUT2D eigenvalue weighted by atomic mass is 9.86. The lowest BCUT2D eigenvalue weighted by molar-refractivity contribution is 0.0981. The van der Waals surface area contributed by atoms with Crippen molar-refractivity contribution in [1.82, 2.24) is 4.72 Å². The Morgan fingerprint density at radius 1 is 0.923 bits per heavy atom. The lowest BCUT2D eigenvalue weighted by Gasteiger charge is -2.19. The molecule has 7 nitrogen and oxygen atoms in total. The Hall–Kier alpha value is -2.23. The number of nitrogens with two attached hydrogens (primary N) is 1. The van der Waals surface area contributed by atoms with Crippen molar-refractivity contribution < 1.29 is 21.6 Å². The van der Waals surface area contributed by atoms with E-state index in [9.17, 15) is 21.6 Å². The summed E-state index contributed by atoms with van der Waals surface area (Å²) in [5.74, 6) is -0.861. The van der Waals surface area contributed by atoms with Crippen molar-refractivity contribution in [2.75, 3.05) is 0 Å². The molecule has 0 aliphatic rings. The SMILES string of the molecule is CC(C)(C)c1cccc(C(=O)NS(=O)(=O)c2ccccc2S(N)(=O)=O)c1. The van der Waals surface area contributed by atoms with Gasteiger partial charge in [0.25, 0.3) is 15.9 Å². The Morgan fingerprint density at radius 3 is 2.04 bits per heavy atom. The Balaban J connectivity index is 2.42. The maximum absolute atomic E-state index is 12.5. The third-order valence-corrected chi connectivity index (χ3v) is 6.15. The minimum Gasteiger partial charge on any atom is -0.268 e. The minimum absolute atomic E-state index is 0.147. The molecule has 0 fully saturated rings. The van der Waals surface area contributed by atoms with Gasteiger partial charge in [-0.05, 0) is 35.2 Å². The number of hydrogen-bond donors (Lipinski definition) is 2. The van der Waals surface area contributed by atoms with Crippen LogP contribution in [-0.2, 0) is 25.5 Å². The van der Waals surface area contributed by atoms with Crippen LogP contribution in [0.2, 0.25) is 0 Å². The normalized spacial score (nSPS) is 12.6. The molecule has 1 amide bonds. The Kier molecular flexibility index (Phi) is 5.27. The zero-order valence-corrected chi connectivity index (χ0v) is 16.2. The number of benzene rings is 2. The molecule has 0 saturated carbocycles. The predicted octanol–water partition coefficient (Wildman–Crippen LogP) is 1.75. The van der Waals surface area contributed by atoms with E-state index in [1.165, 1.54) is 18.2 Å². The molecule has 0 aliphatic carbocycles. The molecule has 0 heterocycles. The van der Waals surface area contributed by atoms with Gasteiger partial charge in [0, 0.05) is 5.56 Å².